The lowest BCUT2D eigenvalue weighted by Gasteiger charge is -2.11. The summed E-state index contributed by atoms with van der Waals surface area (Å²) in [5.74, 6) is 0.358. The fourth-order valence-corrected chi connectivity index (χ4v) is 2.44. The summed E-state index contributed by atoms with van der Waals surface area (Å²) in [7, 11) is 1.61. The number of carbonyl (C=O) groups is 1. The maximum absolute atomic E-state index is 11.0. The molecule has 2 rings (SSSR count). The molecule has 5 heteroatoms. The molecular formula is C16H15BrO4. The van der Waals surface area contributed by atoms with E-state index in [-0.39, 0.29) is 5.56 Å². The summed E-state index contributed by atoms with van der Waals surface area (Å²) in [4.78, 5) is 11.0. The predicted octanol–water partition coefficient (Wildman–Crippen LogP) is 4.04. The van der Waals surface area contributed by atoms with Crippen LogP contribution in [0.2, 0.25) is 0 Å². The Morgan fingerprint density at radius 1 is 1.19 bits per heavy atom. The second kappa shape index (κ2) is 6.63. The minimum Gasteiger partial charge on any atom is -0.496 e. The van der Waals surface area contributed by atoms with Crippen LogP contribution in [-0.2, 0) is 6.61 Å². The van der Waals surface area contributed by atoms with Crippen molar-refractivity contribution in [1.29, 1.82) is 0 Å². The van der Waals surface area contributed by atoms with Crippen LogP contribution in [0.4, 0.5) is 0 Å². The number of halogens is 1. The minimum absolute atomic E-state index is 0.214. The quantitative estimate of drug-likeness (QED) is 0.883. The fourth-order valence-electron chi connectivity index (χ4n) is 1.85. The van der Waals surface area contributed by atoms with Gasteiger partial charge in [-0.1, -0.05) is 12.1 Å². The number of carboxylic acids is 1. The zero-order valence-corrected chi connectivity index (χ0v) is 13.3. The van der Waals surface area contributed by atoms with Gasteiger partial charge in [-0.25, -0.2) is 4.79 Å². The van der Waals surface area contributed by atoms with Gasteiger partial charge >= 0.3 is 5.97 Å². The molecule has 0 aliphatic heterocycles. The molecule has 1 N–H and O–H groups in total. The molecule has 0 fully saturated rings. The maximum atomic E-state index is 11.0. The van der Waals surface area contributed by atoms with Gasteiger partial charge in [0.1, 0.15) is 18.1 Å². The van der Waals surface area contributed by atoms with E-state index in [2.05, 4.69) is 15.9 Å². The van der Waals surface area contributed by atoms with Gasteiger partial charge < -0.3 is 14.6 Å². The Morgan fingerprint density at radius 3 is 2.57 bits per heavy atom. The number of ether oxygens (including phenoxy) is 2. The lowest BCUT2D eigenvalue weighted by molar-refractivity contribution is 0.0696. The van der Waals surface area contributed by atoms with Gasteiger partial charge in [0.2, 0.25) is 0 Å². The van der Waals surface area contributed by atoms with Crippen LogP contribution in [0, 0.1) is 6.92 Å². The Kier molecular flexibility index (Phi) is 4.85. The number of aryl methyl sites for hydroxylation is 1. The molecule has 0 atom stereocenters. The van der Waals surface area contributed by atoms with Gasteiger partial charge in [0.25, 0.3) is 0 Å². The van der Waals surface area contributed by atoms with Crippen molar-refractivity contribution >= 4 is 21.9 Å². The van der Waals surface area contributed by atoms with E-state index in [1.54, 1.807) is 19.2 Å². The molecule has 2 aromatic rings. The molecule has 4 nitrogen and oxygen atoms in total. The molecule has 0 bridgehead atoms. The molecule has 0 amide bonds. The van der Waals surface area contributed by atoms with E-state index in [4.69, 9.17) is 14.6 Å². The van der Waals surface area contributed by atoms with Crippen molar-refractivity contribution in [1.82, 2.24) is 0 Å². The minimum atomic E-state index is -0.966. The van der Waals surface area contributed by atoms with Crippen LogP contribution < -0.4 is 9.47 Å². The Balaban J connectivity index is 2.14. The summed E-state index contributed by atoms with van der Waals surface area (Å²) in [5, 5.41) is 9.00. The third-order valence-corrected chi connectivity index (χ3v) is 3.67. The molecule has 2 aromatic carbocycles. The zero-order valence-electron chi connectivity index (χ0n) is 11.7. The summed E-state index contributed by atoms with van der Waals surface area (Å²) in [6, 6.07) is 10.5. The summed E-state index contributed by atoms with van der Waals surface area (Å²) in [6.45, 7) is 2.23. The number of carboxylic acid groups (broad SMARTS) is 1. The lowest BCUT2D eigenvalue weighted by atomic mass is 10.1. The van der Waals surface area contributed by atoms with E-state index in [0.29, 0.717) is 12.4 Å². The maximum Gasteiger partial charge on any atom is 0.335 e. The van der Waals surface area contributed by atoms with Crippen molar-refractivity contribution < 1.29 is 19.4 Å². The normalized spacial score (nSPS) is 10.2. The highest BCUT2D eigenvalue weighted by Gasteiger charge is 2.08. The average molecular weight is 351 g/mol. The van der Waals surface area contributed by atoms with Crippen LogP contribution in [0.15, 0.2) is 40.9 Å². The summed E-state index contributed by atoms with van der Waals surface area (Å²) in [6.07, 6.45) is 0. The Hall–Kier alpha value is -2.01. The van der Waals surface area contributed by atoms with Crippen molar-refractivity contribution in [2.75, 3.05) is 7.11 Å². The number of aromatic carboxylic acids is 1. The van der Waals surface area contributed by atoms with E-state index < -0.39 is 5.97 Å². The second-order valence-corrected chi connectivity index (χ2v) is 5.40. The molecule has 0 saturated carbocycles. The first-order valence-electron chi connectivity index (χ1n) is 6.30. The van der Waals surface area contributed by atoms with Crippen LogP contribution in [-0.4, -0.2) is 18.2 Å². The molecule has 0 saturated heterocycles. The van der Waals surface area contributed by atoms with Crippen molar-refractivity contribution in [3.05, 3.63) is 57.6 Å². The largest absolute Gasteiger partial charge is 0.496 e. The first kappa shape index (κ1) is 15.4. The van der Waals surface area contributed by atoms with Gasteiger partial charge in [-0.2, -0.15) is 0 Å². The Morgan fingerprint density at radius 2 is 1.95 bits per heavy atom. The van der Waals surface area contributed by atoms with Gasteiger partial charge in [0.15, 0.2) is 0 Å². The molecule has 0 aromatic heterocycles. The van der Waals surface area contributed by atoms with E-state index in [9.17, 15) is 4.79 Å². The molecule has 0 radical (unpaired) electrons. The molecule has 21 heavy (non-hydrogen) atoms. The van der Waals surface area contributed by atoms with Crippen LogP contribution >= 0.6 is 15.9 Å². The molecule has 0 spiro atoms. The summed E-state index contributed by atoms with van der Waals surface area (Å²) < 4.78 is 11.7. The lowest BCUT2D eigenvalue weighted by Crippen LogP contribution is -2.01. The standard InChI is InChI=1S/C16H15BrO4/c1-10-3-5-12(16(18)19)8-15(10)21-9-11-4-6-14(20-2)13(17)7-11/h3-8H,9H2,1-2H3,(H,18,19). The first-order chi connectivity index (χ1) is 10.0. The highest BCUT2D eigenvalue weighted by Crippen LogP contribution is 2.27. The Labute approximate surface area is 131 Å². The number of hydrogen-bond acceptors (Lipinski definition) is 3. The molecule has 0 aliphatic rings. The smallest absolute Gasteiger partial charge is 0.335 e. The average Bonchev–Trinajstić information content (AvgIpc) is 2.46. The van der Waals surface area contributed by atoms with Crippen molar-refractivity contribution in [3.8, 4) is 11.5 Å². The van der Waals surface area contributed by atoms with Gasteiger partial charge in [0, 0.05) is 0 Å². The Bertz CT molecular complexity index is 667. The van der Waals surface area contributed by atoms with Gasteiger partial charge in [-0.05, 0) is 58.2 Å². The monoisotopic (exact) mass is 350 g/mol. The van der Waals surface area contributed by atoms with Crippen LogP contribution in [0.3, 0.4) is 0 Å². The first-order valence-corrected chi connectivity index (χ1v) is 7.09. The highest BCUT2D eigenvalue weighted by molar-refractivity contribution is 9.10. The topological polar surface area (TPSA) is 55.8 Å². The van der Waals surface area contributed by atoms with Crippen LogP contribution in [0.25, 0.3) is 0 Å². The highest BCUT2D eigenvalue weighted by atomic mass is 79.9. The fraction of sp³-hybridized carbons (Fsp3) is 0.188. The zero-order chi connectivity index (χ0) is 15.4. The van der Waals surface area contributed by atoms with E-state index in [1.165, 1.54) is 6.07 Å². The van der Waals surface area contributed by atoms with E-state index in [0.717, 1.165) is 21.3 Å². The summed E-state index contributed by atoms with van der Waals surface area (Å²) in [5.41, 5.74) is 2.07. The summed E-state index contributed by atoms with van der Waals surface area (Å²) >= 11 is 3.42. The van der Waals surface area contributed by atoms with E-state index in [1.807, 2.05) is 25.1 Å². The van der Waals surface area contributed by atoms with Crippen molar-refractivity contribution in [2.45, 2.75) is 13.5 Å². The van der Waals surface area contributed by atoms with E-state index >= 15 is 0 Å². The second-order valence-electron chi connectivity index (χ2n) is 4.54. The molecule has 0 heterocycles. The number of benzene rings is 2. The predicted molar refractivity (Wildman–Crippen MR) is 83.2 cm³/mol. The van der Waals surface area contributed by atoms with Crippen molar-refractivity contribution in [3.63, 3.8) is 0 Å². The van der Waals surface area contributed by atoms with Crippen LogP contribution in [0.5, 0.6) is 11.5 Å². The third kappa shape index (κ3) is 3.76. The molecule has 110 valence electrons. The molecular weight excluding hydrogens is 336 g/mol. The van der Waals surface area contributed by atoms with Gasteiger partial charge in [-0.15, -0.1) is 0 Å². The third-order valence-electron chi connectivity index (χ3n) is 3.05. The van der Waals surface area contributed by atoms with Gasteiger partial charge in [-0.3, -0.25) is 0 Å². The SMILES string of the molecule is COc1ccc(COc2cc(C(=O)O)ccc2C)cc1Br. The van der Waals surface area contributed by atoms with Gasteiger partial charge in [0.05, 0.1) is 17.1 Å². The number of hydrogen-bond donors (Lipinski definition) is 1. The molecule has 0 unspecified atom stereocenters. The van der Waals surface area contributed by atoms with Crippen LogP contribution in [0.1, 0.15) is 21.5 Å². The number of rotatable bonds is 5. The number of methoxy groups -OCH3 is 1. The molecule has 0 aliphatic carbocycles. The van der Waals surface area contributed by atoms with Crippen molar-refractivity contribution in [2.24, 2.45) is 0 Å².